The zero-order chi connectivity index (χ0) is 16.2. The zero-order valence-corrected chi connectivity index (χ0v) is 13.2. The fourth-order valence-electron chi connectivity index (χ4n) is 2.78. The summed E-state index contributed by atoms with van der Waals surface area (Å²) in [7, 11) is 0. The maximum Gasteiger partial charge on any atom is 0.166 e. The molecule has 1 N–H and O–H groups in total. The lowest BCUT2D eigenvalue weighted by molar-refractivity contribution is -0.127. The van der Waals surface area contributed by atoms with Crippen LogP contribution in [0.1, 0.15) is 33.1 Å². The molecule has 0 aromatic carbocycles. The molecule has 0 heterocycles. The van der Waals surface area contributed by atoms with Gasteiger partial charge in [0, 0.05) is 12.8 Å². The number of rotatable bonds is 5. The zero-order valence-electron chi connectivity index (χ0n) is 13.2. The van der Waals surface area contributed by atoms with Crippen LogP contribution in [0.25, 0.3) is 0 Å². The van der Waals surface area contributed by atoms with Gasteiger partial charge < -0.3 is 0 Å². The van der Waals surface area contributed by atoms with Gasteiger partial charge in [0.15, 0.2) is 11.6 Å². The number of Topliss-reactive ketones (excluding diaryl/α,β-unsaturated/α-hetero) is 2. The van der Waals surface area contributed by atoms with Gasteiger partial charge in [0.05, 0.1) is 17.7 Å². The topological polar surface area (TPSA) is 55.4 Å². The molecule has 2 aliphatic carbocycles. The predicted octanol–water partition coefficient (Wildman–Crippen LogP) is 2.83. The molecule has 0 bridgehead atoms. The maximum absolute atomic E-state index is 12.4. The molecule has 0 saturated heterocycles. The van der Waals surface area contributed by atoms with Gasteiger partial charge in [-0.25, -0.2) is 0 Å². The van der Waals surface area contributed by atoms with E-state index in [1.165, 1.54) is 0 Å². The molecule has 0 aromatic rings. The van der Waals surface area contributed by atoms with Crippen molar-refractivity contribution < 1.29 is 14.4 Å². The fourth-order valence-corrected chi connectivity index (χ4v) is 2.78. The summed E-state index contributed by atoms with van der Waals surface area (Å²) in [5.41, 5.74) is 2.32. The number of nitrogens with one attached hydrogen (secondary N) is 1. The molecule has 4 nitrogen and oxygen atoms in total. The van der Waals surface area contributed by atoms with Crippen LogP contribution in [0.5, 0.6) is 0 Å². The van der Waals surface area contributed by atoms with E-state index in [2.05, 4.69) is 12.1 Å². The second-order valence-electron chi connectivity index (χ2n) is 6.66. The largest absolute Gasteiger partial charge is 0.297 e. The molecular formula is C18H23NO3. The van der Waals surface area contributed by atoms with E-state index < -0.39 is 5.54 Å². The molecule has 0 aromatic heterocycles. The summed E-state index contributed by atoms with van der Waals surface area (Å²) in [6, 6.07) is 0. The minimum absolute atomic E-state index is 0.0888. The number of ketones is 2. The number of carbonyl (C=O) groups excluding carboxylic acids is 2. The molecular weight excluding hydrogens is 278 g/mol. The third kappa shape index (κ3) is 3.90. The third-order valence-electron chi connectivity index (χ3n) is 3.84. The summed E-state index contributed by atoms with van der Waals surface area (Å²) in [5, 5.41) is 0. The van der Waals surface area contributed by atoms with Crippen LogP contribution in [0.2, 0.25) is 0 Å². The van der Waals surface area contributed by atoms with E-state index in [0.29, 0.717) is 25.9 Å². The molecule has 118 valence electrons. The van der Waals surface area contributed by atoms with Crippen molar-refractivity contribution >= 4 is 11.6 Å². The van der Waals surface area contributed by atoms with Crippen LogP contribution in [-0.4, -0.2) is 23.7 Å². The first-order valence-corrected chi connectivity index (χ1v) is 7.51. The van der Waals surface area contributed by atoms with Crippen molar-refractivity contribution in [1.29, 1.82) is 0 Å². The van der Waals surface area contributed by atoms with Gasteiger partial charge in [-0.2, -0.15) is 5.48 Å². The summed E-state index contributed by atoms with van der Waals surface area (Å²) in [6.45, 7) is 7.84. The van der Waals surface area contributed by atoms with Crippen molar-refractivity contribution in [3.05, 3.63) is 48.6 Å². The Morgan fingerprint density at radius 3 is 2.50 bits per heavy atom. The van der Waals surface area contributed by atoms with Crippen LogP contribution in [-0.2, 0) is 14.4 Å². The predicted molar refractivity (Wildman–Crippen MR) is 86.0 cm³/mol. The van der Waals surface area contributed by atoms with Gasteiger partial charge >= 0.3 is 0 Å². The number of hydroxylamine groups is 1. The van der Waals surface area contributed by atoms with Gasteiger partial charge in [0.25, 0.3) is 0 Å². The lowest BCUT2D eigenvalue weighted by Gasteiger charge is -2.32. The Balaban J connectivity index is 2.27. The van der Waals surface area contributed by atoms with Crippen molar-refractivity contribution in [3.63, 3.8) is 0 Å². The lowest BCUT2D eigenvalue weighted by atomic mass is 9.72. The minimum atomic E-state index is -0.667. The van der Waals surface area contributed by atoms with Crippen molar-refractivity contribution in [3.8, 4) is 0 Å². The number of allylic oxidation sites excluding steroid dienone is 3. The Labute approximate surface area is 131 Å². The molecule has 1 saturated carbocycles. The third-order valence-corrected chi connectivity index (χ3v) is 3.84. The molecule has 4 heteroatoms. The van der Waals surface area contributed by atoms with E-state index in [-0.39, 0.29) is 22.6 Å². The van der Waals surface area contributed by atoms with Gasteiger partial charge in [0.1, 0.15) is 0 Å². The van der Waals surface area contributed by atoms with Gasteiger partial charge in [-0.1, -0.05) is 44.2 Å². The highest BCUT2D eigenvalue weighted by atomic mass is 16.6. The maximum atomic E-state index is 12.4. The fraction of sp³-hybridized carbons (Fsp3) is 0.444. The quantitative estimate of drug-likeness (QED) is 0.279. The van der Waals surface area contributed by atoms with Gasteiger partial charge in [-0.05, 0) is 17.9 Å². The summed E-state index contributed by atoms with van der Waals surface area (Å²) < 4.78 is 0. The Morgan fingerprint density at radius 2 is 1.95 bits per heavy atom. The average molecular weight is 301 g/mol. The molecule has 22 heavy (non-hydrogen) atoms. The lowest BCUT2D eigenvalue weighted by Crippen LogP contribution is -2.44. The van der Waals surface area contributed by atoms with E-state index in [9.17, 15) is 9.59 Å². The number of hydrogen-bond donors (Lipinski definition) is 1. The van der Waals surface area contributed by atoms with E-state index in [4.69, 9.17) is 4.84 Å². The van der Waals surface area contributed by atoms with E-state index >= 15 is 0 Å². The van der Waals surface area contributed by atoms with E-state index in [1.807, 2.05) is 38.2 Å². The number of carbonyl (C=O) groups is 2. The first-order chi connectivity index (χ1) is 10.4. The molecule has 0 radical (unpaired) electrons. The van der Waals surface area contributed by atoms with Gasteiger partial charge in [-0.3, -0.25) is 14.4 Å². The molecule has 2 rings (SSSR count). The highest BCUT2D eigenvalue weighted by Crippen LogP contribution is 2.35. The molecule has 0 aliphatic heterocycles. The smallest absolute Gasteiger partial charge is 0.166 e. The molecule has 0 spiro atoms. The van der Waals surface area contributed by atoms with Crippen molar-refractivity contribution in [1.82, 2.24) is 5.48 Å². The van der Waals surface area contributed by atoms with Crippen molar-refractivity contribution in [2.75, 3.05) is 6.61 Å². The molecule has 1 atom stereocenters. The average Bonchev–Trinajstić information content (AvgIpc) is 2.43. The van der Waals surface area contributed by atoms with Gasteiger partial charge in [-0.15, -0.1) is 6.58 Å². The molecule has 2 aliphatic rings. The van der Waals surface area contributed by atoms with Crippen LogP contribution in [0.3, 0.4) is 0 Å². The molecule has 0 amide bonds. The van der Waals surface area contributed by atoms with Crippen LogP contribution in [0, 0.1) is 5.41 Å². The highest BCUT2D eigenvalue weighted by Gasteiger charge is 2.38. The highest BCUT2D eigenvalue weighted by molar-refractivity contribution is 6.22. The number of hydrogen-bond acceptors (Lipinski definition) is 4. The Hall–Kier alpha value is -1.78. The Kier molecular flexibility index (Phi) is 4.94. The standard InChI is InChI=1S/C18H23NO3/c1-4-10-22-19-18(8-6-5-7-9-18)11-14-15(20)12-17(2,3)13-16(14)21/h4-8,11,19H,1,9-10,12-13H2,2-3H3. The first-order valence-electron chi connectivity index (χ1n) is 7.51. The summed E-state index contributed by atoms with van der Waals surface area (Å²) in [5.74, 6) is -0.178. The van der Waals surface area contributed by atoms with Crippen LogP contribution >= 0.6 is 0 Å². The molecule has 1 fully saturated rings. The normalized spacial score (nSPS) is 27.1. The first kappa shape index (κ1) is 16.6. The van der Waals surface area contributed by atoms with Crippen LogP contribution < -0.4 is 5.48 Å². The second-order valence-corrected chi connectivity index (χ2v) is 6.66. The monoisotopic (exact) mass is 301 g/mol. The Bertz CT molecular complexity index is 547. The van der Waals surface area contributed by atoms with Gasteiger partial charge in [0.2, 0.25) is 0 Å². The Morgan fingerprint density at radius 1 is 1.27 bits per heavy atom. The summed E-state index contributed by atoms with van der Waals surface area (Å²) >= 11 is 0. The minimum Gasteiger partial charge on any atom is -0.297 e. The second kappa shape index (κ2) is 6.55. The van der Waals surface area contributed by atoms with Crippen LogP contribution in [0.4, 0.5) is 0 Å². The van der Waals surface area contributed by atoms with Crippen molar-refractivity contribution in [2.24, 2.45) is 5.41 Å². The van der Waals surface area contributed by atoms with Crippen LogP contribution in [0.15, 0.2) is 48.6 Å². The van der Waals surface area contributed by atoms with Crippen molar-refractivity contribution in [2.45, 2.75) is 38.6 Å². The van der Waals surface area contributed by atoms with E-state index in [0.717, 1.165) is 0 Å². The molecule has 1 unspecified atom stereocenters. The summed E-state index contributed by atoms with van der Waals surface area (Å²) in [6.07, 6.45) is 12.5. The SMILES string of the molecule is C=CCONC1(C=C2C(=O)CC(C)(C)CC2=O)C=CC=CC1. The summed E-state index contributed by atoms with van der Waals surface area (Å²) in [4.78, 5) is 30.1. The van der Waals surface area contributed by atoms with E-state index in [1.54, 1.807) is 12.2 Å².